The van der Waals surface area contributed by atoms with Crippen LogP contribution in [0, 0.1) is 5.82 Å². The number of sulfone groups is 1. The minimum Gasteiger partial charge on any atom is -0.505 e. The highest BCUT2D eigenvalue weighted by Gasteiger charge is 2.20. The van der Waals surface area contributed by atoms with Crippen molar-refractivity contribution < 1.29 is 17.9 Å². The zero-order valence-corrected chi connectivity index (χ0v) is 9.18. The van der Waals surface area contributed by atoms with Gasteiger partial charge in [-0.15, -0.1) is 0 Å². The van der Waals surface area contributed by atoms with Crippen LogP contribution in [0.1, 0.15) is 18.5 Å². The lowest BCUT2D eigenvalue weighted by atomic mass is 10.1. The molecule has 0 spiro atoms. The molecule has 0 fully saturated rings. The highest BCUT2D eigenvalue weighted by Crippen LogP contribution is 2.30. The summed E-state index contributed by atoms with van der Waals surface area (Å²) in [7, 11) is -3.67. The number of aromatic hydroxyl groups is 1. The third-order valence-electron chi connectivity index (χ3n) is 2.00. The minimum atomic E-state index is -3.67. The summed E-state index contributed by atoms with van der Waals surface area (Å²) < 4.78 is 35.6. The Bertz CT molecular complexity index is 482. The Kier molecular flexibility index (Phi) is 3.01. The number of nitrogens with two attached hydrogens (primary N) is 1. The van der Waals surface area contributed by atoms with E-state index in [1.54, 1.807) is 6.92 Å². The Morgan fingerprint density at radius 3 is 2.40 bits per heavy atom. The normalized spacial score (nSPS) is 13.9. The van der Waals surface area contributed by atoms with E-state index in [0.29, 0.717) is 0 Å². The van der Waals surface area contributed by atoms with Crippen molar-refractivity contribution in [3.8, 4) is 5.75 Å². The average Bonchev–Trinajstić information content (AvgIpc) is 2.06. The fourth-order valence-corrected chi connectivity index (χ4v) is 1.95. The molecule has 6 heteroatoms. The summed E-state index contributed by atoms with van der Waals surface area (Å²) >= 11 is 0. The van der Waals surface area contributed by atoms with Crippen molar-refractivity contribution >= 4 is 9.84 Å². The number of benzene rings is 1. The van der Waals surface area contributed by atoms with Crippen LogP contribution in [-0.2, 0) is 9.84 Å². The van der Waals surface area contributed by atoms with Gasteiger partial charge < -0.3 is 10.8 Å². The van der Waals surface area contributed by atoms with Crippen LogP contribution in [0.3, 0.4) is 0 Å². The maximum atomic E-state index is 13.4. The molecule has 84 valence electrons. The Labute approximate surface area is 87.5 Å². The molecule has 0 bridgehead atoms. The summed E-state index contributed by atoms with van der Waals surface area (Å²) in [6.07, 6.45) is 0.871. The zero-order chi connectivity index (χ0) is 11.8. The quantitative estimate of drug-likeness (QED) is 0.797. The summed E-state index contributed by atoms with van der Waals surface area (Å²) in [6, 6.07) is 1.84. The predicted molar refractivity (Wildman–Crippen MR) is 53.8 cm³/mol. The van der Waals surface area contributed by atoms with Gasteiger partial charge in [0.25, 0.3) is 0 Å². The maximum Gasteiger partial charge on any atom is 0.183 e. The Balaban J connectivity index is 3.48. The van der Waals surface area contributed by atoms with E-state index in [4.69, 9.17) is 5.73 Å². The molecule has 0 saturated heterocycles. The van der Waals surface area contributed by atoms with Crippen LogP contribution in [-0.4, -0.2) is 19.8 Å². The molecule has 0 radical (unpaired) electrons. The molecule has 1 unspecified atom stereocenters. The largest absolute Gasteiger partial charge is 0.505 e. The van der Waals surface area contributed by atoms with Crippen LogP contribution in [0.5, 0.6) is 5.75 Å². The van der Waals surface area contributed by atoms with Gasteiger partial charge in [0.15, 0.2) is 21.4 Å². The van der Waals surface area contributed by atoms with Gasteiger partial charge >= 0.3 is 0 Å². The van der Waals surface area contributed by atoms with E-state index in [1.807, 2.05) is 0 Å². The van der Waals surface area contributed by atoms with Gasteiger partial charge in [-0.1, -0.05) is 6.07 Å². The first-order valence-electron chi connectivity index (χ1n) is 4.22. The molecule has 0 aliphatic rings. The molecule has 1 aromatic carbocycles. The first kappa shape index (κ1) is 11.9. The number of phenolic OH excluding ortho intramolecular Hbond substituents is 1. The molecule has 15 heavy (non-hydrogen) atoms. The second kappa shape index (κ2) is 3.79. The van der Waals surface area contributed by atoms with Crippen LogP contribution >= 0.6 is 0 Å². The third kappa shape index (κ3) is 2.27. The van der Waals surface area contributed by atoms with Gasteiger partial charge in [-0.25, -0.2) is 12.8 Å². The Morgan fingerprint density at radius 1 is 1.47 bits per heavy atom. The molecule has 4 nitrogen and oxygen atoms in total. The summed E-state index contributed by atoms with van der Waals surface area (Å²) in [5.74, 6) is -1.85. The van der Waals surface area contributed by atoms with Crippen molar-refractivity contribution in [3.05, 3.63) is 23.5 Å². The van der Waals surface area contributed by atoms with E-state index < -0.39 is 32.3 Å². The van der Waals surface area contributed by atoms with Crippen LogP contribution in [0.2, 0.25) is 0 Å². The van der Waals surface area contributed by atoms with Gasteiger partial charge in [0.1, 0.15) is 4.90 Å². The van der Waals surface area contributed by atoms with Crippen molar-refractivity contribution in [3.63, 3.8) is 0 Å². The average molecular weight is 233 g/mol. The summed E-state index contributed by atoms with van der Waals surface area (Å²) in [6.45, 7) is 1.56. The first-order chi connectivity index (χ1) is 6.75. The van der Waals surface area contributed by atoms with E-state index in [0.717, 1.165) is 12.3 Å². The smallest absolute Gasteiger partial charge is 0.183 e. The molecule has 0 saturated carbocycles. The van der Waals surface area contributed by atoms with E-state index in [1.165, 1.54) is 6.07 Å². The zero-order valence-electron chi connectivity index (χ0n) is 8.36. The second-order valence-electron chi connectivity index (χ2n) is 3.38. The molecule has 0 aromatic heterocycles. The molecule has 0 amide bonds. The summed E-state index contributed by atoms with van der Waals surface area (Å²) in [5, 5.41) is 9.39. The van der Waals surface area contributed by atoms with E-state index in [2.05, 4.69) is 0 Å². The lowest BCUT2D eigenvalue weighted by Crippen LogP contribution is -2.08. The van der Waals surface area contributed by atoms with Crippen LogP contribution in [0.25, 0.3) is 0 Å². The third-order valence-corrected chi connectivity index (χ3v) is 3.12. The lowest BCUT2D eigenvalue weighted by molar-refractivity contribution is 0.413. The van der Waals surface area contributed by atoms with E-state index >= 15 is 0 Å². The molecule has 1 aromatic rings. The van der Waals surface area contributed by atoms with E-state index in [9.17, 15) is 17.9 Å². The second-order valence-corrected chi connectivity index (χ2v) is 5.36. The molecule has 1 atom stereocenters. The molecule has 0 aliphatic heterocycles. The molecule has 1 rings (SSSR count). The van der Waals surface area contributed by atoms with Gasteiger partial charge in [0.05, 0.1) is 0 Å². The van der Waals surface area contributed by atoms with Crippen molar-refractivity contribution in [2.75, 3.05) is 6.26 Å². The van der Waals surface area contributed by atoms with Crippen molar-refractivity contribution in [1.82, 2.24) is 0 Å². The van der Waals surface area contributed by atoms with Gasteiger partial charge in [0.2, 0.25) is 0 Å². The number of hydrogen-bond donors (Lipinski definition) is 2. The van der Waals surface area contributed by atoms with Gasteiger partial charge in [0, 0.05) is 17.9 Å². The Morgan fingerprint density at radius 2 is 2.00 bits per heavy atom. The van der Waals surface area contributed by atoms with Gasteiger partial charge in [-0.2, -0.15) is 0 Å². The number of hydrogen-bond acceptors (Lipinski definition) is 4. The summed E-state index contributed by atoms with van der Waals surface area (Å²) in [5.41, 5.74) is 5.65. The lowest BCUT2D eigenvalue weighted by Gasteiger charge is -2.10. The topological polar surface area (TPSA) is 80.4 Å². The monoisotopic (exact) mass is 233 g/mol. The van der Waals surface area contributed by atoms with Gasteiger partial charge in [-0.3, -0.25) is 0 Å². The highest BCUT2D eigenvalue weighted by molar-refractivity contribution is 7.90. The predicted octanol–water partition coefficient (Wildman–Crippen LogP) is 0.955. The molecular weight excluding hydrogens is 221 g/mol. The molecule has 0 aliphatic carbocycles. The maximum absolute atomic E-state index is 13.4. The standard InChI is InChI=1S/C9H12FNO3S/c1-5(11)6-3-4-7(15(2,13)14)8(10)9(6)12/h3-5,12H,11H2,1-2H3. The highest BCUT2D eigenvalue weighted by atomic mass is 32.2. The molecule has 0 heterocycles. The fourth-order valence-electron chi connectivity index (χ4n) is 1.21. The number of halogens is 1. The first-order valence-corrected chi connectivity index (χ1v) is 6.11. The Hall–Kier alpha value is -1.14. The van der Waals surface area contributed by atoms with Crippen LogP contribution in [0.15, 0.2) is 17.0 Å². The van der Waals surface area contributed by atoms with Crippen molar-refractivity contribution in [2.45, 2.75) is 17.9 Å². The molecular formula is C9H12FNO3S. The minimum absolute atomic E-state index is 0.180. The van der Waals surface area contributed by atoms with Crippen LogP contribution in [0.4, 0.5) is 4.39 Å². The van der Waals surface area contributed by atoms with E-state index in [-0.39, 0.29) is 5.56 Å². The summed E-state index contributed by atoms with van der Waals surface area (Å²) in [4.78, 5) is -0.524. The molecule has 3 N–H and O–H groups in total. The number of rotatable bonds is 2. The fraction of sp³-hybridized carbons (Fsp3) is 0.333. The van der Waals surface area contributed by atoms with Crippen molar-refractivity contribution in [1.29, 1.82) is 0 Å². The van der Waals surface area contributed by atoms with Crippen LogP contribution < -0.4 is 5.73 Å². The van der Waals surface area contributed by atoms with Crippen molar-refractivity contribution in [2.24, 2.45) is 5.73 Å². The SMILES string of the molecule is CC(N)c1ccc(S(C)(=O)=O)c(F)c1O. The number of phenols is 1. The van der Waals surface area contributed by atoms with Gasteiger partial charge in [-0.05, 0) is 13.0 Å².